The predicted octanol–water partition coefficient (Wildman–Crippen LogP) is 1.28. The number of hydroxylamine groups is 3. The van der Waals surface area contributed by atoms with E-state index in [1.54, 1.807) is 27.9 Å². The zero-order valence-electron chi connectivity index (χ0n) is 11.4. The van der Waals surface area contributed by atoms with Gasteiger partial charge < -0.3 is 4.74 Å². The fourth-order valence-corrected chi connectivity index (χ4v) is 2.38. The van der Waals surface area contributed by atoms with E-state index in [0.29, 0.717) is 12.0 Å². The summed E-state index contributed by atoms with van der Waals surface area (Å²) in [5.41, 5.74) is 0.305. The van der Waals surface area contributed by atoms with Crippen LogP contribution >= 0.6 is 0 Å². The van der Waals surface area contributed by atoms with Gasteiger partial charge in [0.15, 0.2) is 5.75 Å². The first-order valence-electron chi connectivity index (χ1n) is 5.69. The lowest BCUT2D eigenvalue weighted by Gasteiger charge is -2.21. The van der Waals surface area contributed by atoms with Gasteiger partial charge in [0.1, 0.15) is 27.2 Å². The molecule has 0 aliphatic carbocycles. The Morgan fingerprint density at radius 1 is 1.39 bits per heavy atom. The van der Waals surface area contributed by atoms with Crippen LogP contribution in [0, 0.1) is 0 Å². The van der Waals surface area contributed by atoms with E-state index in [2.05, 4.69) is 6.58 Å². The van der Waals surface area contributed by atoms with Crippen LogP contribution in [-0.2, 0) is 33.1 Å². The molecule has 0 amide bonds. The summed E-state index contributed by atoms with van der Waals surface area (Å²) in [5, 5.41) is 0. The van der Waals surface area contributed by atoms with Crippen LogP contribution in [0.1, 0.15) is 20.3 Å². The van der Waals surface area contributed by atoms with Gasteiger partial charge in [-0.05, 0) is 17.6 Å². The fourth-order valence-electron chi connectivity index (χ4n) is 1.11. The molecule has 0 rings (SSSR count). The standard InChI is InChI=1S/C11H22NO5S/c1-6-9-18(14,15)17-12(4,5)7-8-16-11(13)10(2)3/h2,6-9H2,1,3-5H3/q+2. The number of nitrogens with zero attached hydrogens (tertiary/aromatic N) is 1. The van der Waals surface area contributed by atoms with Gasteiger partial charge in [0.2, 0.25) is 0 Å². The number of esters is 1. The molecule has 0 saturated carbocycles. The van der Waals surface area contributed by atoms with E-state index in [-0.39, 0.29) is 23.6 Å². The molecule has 0 spiro atoms. The van der Waals surface area contributed by atoms with Crippen molar-refractivity contribution in [3.05, 3.63) is 12.2 Å². The van der Waals surface area contributed by atoms with Crippen molar-refractivity contribution in [1.29, 1.82) is 0 Å². The first kappa shape index (κ1) is 17.2. The summed E-state index contributed by atoms with van der Waals surface area (Å²) in [4.78, 5) is 11.1. The maximum atomic E-state index is 11.5. The van der Waals surface area contributed by atoms with E-state index in [0.717, 1.165) is 0 Å². The summed E-state index contributed by atoms with van der Waals surface area (Å²) in [5.74, 6) is -0.522. The largest absolute Gasteiger partial charge is 0.456 e. The van der Waals surface area contributed by atoms with Gasteiger partial charge in [0.25, 0.3) is 0 Å². The highest BCUT2D eigenvalue weighted by molar-refractivity contribution is 7.92. The number of rotatable bonds is 8. The maximum Gasteiger partial charge on any atom is 0.449 e. The van der Waals surface area contributed by atoms with Crippen LogP contribution in [0.15, 0.2) is 12.2 Å². The molecule has 0 aromatic rings. The maximum absolute atomic E-state index is 11.5. The van der Waals surface area contributed by atoms with E-state index in [1.165, 1.54) is 0 Å². The van der Waals surface area contributed by atoms with E-state index in [4.69, 9.17) is 9.02 Å². The Labute approximate surface area is 110 Å². The van der Waals surface area contributed by atoms with Gasteiger partial charge in [-0.3, -0.25) is 0 Å². The van der Waals surface area contributed by atoms with Crippen molar-refractivity contribution in [3.63, 3.8) is 0 Å². The molecule has 0 aliphatic rings. The quantitative estimate of drug-likeness (QED) is 0.221. The number of likely N-dealkylation sites (N-methyl/N-ethyl adjacent to an activating group) is 1. The van der Waals surface area contributed by atoms with E-state index in [9.17, 15) is 13.6 Å². The molecule has 0 aliphatic heterocycles. The van der Waals surface area contributed by atoms with E-state index >= 15 is 0 Å². The van der Waals surface area contributed by atoms with Gasteiger partial charge in [0, 0.05) is 5.57 Å². The minimum atomic E-state index is -3.54. The Morgan fingerprint density at radius 3 is 2.39 bits per heavy atom. The Kier molecular flexibility index (Phi) is 6.69. The summed E-state index contributed by atoms with van der Waals surface area (Å²) < 4.78 is 32.7. The van der Waals surface area contributed by atoms with Crippen molar-refractivity contribution in [2.75, 3.05) is 33.0 Å². The molecule has 105 valence electrons. The average Bonchev–Trinajstić information content (AvgIpc) is 2.14. The van der Waals surface area contributed by atoms with Crippen LogP contribution < -0.4 is 0 Å². The van der Waals surface area contributed by atoms with E-state index in [1.807, 2.05) is 0 Å². The molecule has 0 bridgehead atoms. The van der Waals surface area contributed by atoms with Crippen LogP contribution in [0.5, 0.6) is 0 Å². The van der Waals surface area contributed by atoms with Crippen LogP contribution in [0.2, 0.25) is 0 Å². The van der Waals surface area contributed by atoms with E-state index < -0.39 is 16.5 Å². The third-order valence-electron chi connectivity index (χ3n) is 1.98. The van der Waals surface area contributed by atoms with Crippen LogP contribution in [-0.4, -0.2) is 43.6 Å². The molecule has 6 nitrogen and oxygen atoms in total. The molecule has 1 atom stereocenters. The SMILES string of the molecule is C=C(C)C(=O)OCC[N+](C)(C)O[S+]([O])(=O)CCC. The Morgan fingerprint density at radius 2 is 1.94 bits per heavy atom. The second kappa shape index (κ2) is 6.98. The highest BCUT2D eigenvalue weighted by Gasteiger charge is 2.40. The van der Waals surface area contributed by atoms with Crippen molar-refractivity contribution in [3.8, 4) is 0 Å². The topological polar surface area (TPSA) is 72.5 Å². The summed E-state index contributed by atoms with van der Waals surface area (Å²) in [6, 6.07) is 0. The summed E-state index contributed by atoms with van der Waals surface area (Å²) in [7, 11) is -0.372. The molecule has 0 N–H and O–H groups in total. The van der Waals surface area contributed by atoms with Gasteiger partial charge >= 0.3 is 16.5 Å². The average molecular weight is 280 g/mol. The molecule has 0 fully saturated rings. The van der Waals surface area contributed by atoms with Gasteiger partial charge in [0.05, 0.1) is 8.84 Å². The third kappa shape index (κ3) is 7.54. The number of carbonyl (C=O) groups excluding carboxylic acids is 1. The van der Waals surface area contributed by atoms with Gasteiger partial charge in [-0.25, -0.2) is 4.79 Å². The van der Waals surface area contributed by atoms with Gasteiger partial charge in [-0.2, -0.15) is 0 Å². The first-order valence-corrected chi connectivity index (χ1v) is 7.27. The number of hydrogen-bond acceptors (Lipinski definition) is 4. The normalized spacial score (nSPS) is 14.9. The molecular formula is C11H22NO5S+2. The Balaban J connectivity index is 4.20. The molecule has 1 unspecified atom stereocenters. The fraction of sp³-hybridized carbons (Fsp3) is 0.727. The lowest BCUT2D eigenvalue weighted by atomic mass is 10.4. The summed E-state index contributed by atoms with van der Waals surface area (Å²) >= 11 is 0. The Bertz CT molecular complexity index is 353. The molecule has 1 radical (unpaired) electrons. The van der Waals surface area contributed by atoms with Crippen molar-refractivity contribution >= 4 is 16.5 Å². The zero-order valence-corrected chi connectivity index (χ0v) is 12.2. The monoisotopic (exact) mass is 280 g/mol. The summed E-state index contributed by atoms with van der Waals surface area (Å²) in [6.45, 7) is 7.06. The molecule has 0 saturated heterocycles. The number of carbonyl (C=O) groups is 1. The molecule has 18 heavy (non-hydrogen) atoms. The van der Waals surface area contributed by atoms with Gasteiger partial charge in [-0.15, -0.1) is 4.65 Å². The van der Waals surface area contributed by atoms with Crippen molar-refractivity contribution in [2.24, 2.45) is 0 Å². The van der Waals surface area contributed by atoms with Gasteiger partial charge in [-0.1, -0.05) is 13.5 Å². The molecule has 0 heterocycles. The Hall–Kier alpha value is -0.760. The summed E-state index contributed by atoms with van der Waals surface area (Å²) in [6.07, 6.45) is 0.493. The highest BCUT2D eigenvalue weighted by atomic mass is 32.3. The first-order chi connectivity index (χ1) is 8.09. The number of quaternary nitrogens is 1. The third-order valence-corrected chi connectivity index (χ3v) is 3.52. The lowest BCUT2D eigenvalue weighted by molar-refractivity contribution is -1.05. The van der Waals surface area contributed by atoms with Crippen LogP contribution in [0.25, 0.3) is 0 Å². The lowest BCUT2D eigenvalue weighted by Crippen LogP contribution is -2.46. The highest BCUT2D eigenvalue weighted by Crippen LogP contribution is 2.13. The van der Waals surface area contributed by atoms with Crippen molar-refractivity contribution in [2.45, 2.75) is 20.3 Å². The number of hydrogen-bond donors (Lipinski definition) is 0. The zero-order chi connectivity index (χ0) is 14.4. The second-order valence-electron chi connectivity index (χ2n) is 4.55. The minimum Gasteiger partial charge on any atom is -0.456 e. The van der Waals surface area contributed by atoms with Crippen molar-refractivity contribution in [1.82, 2.24) is 0 Å². The predicted molar refractivity (Wildman–Crippen MR) is 67.7 cm³/mol. The molecular weight excluding hydrogens is 258 g/mol. The molecule has 7 heteroatoms. The van der Waals surface area contributed by atoms with Crippen molar-refractivity contribution < 1.29 is 27.2 Å². The molecule has 0 aromatic carbocycles. The number of ether oxygens (including phenoxy) is 1. The molecule has 0 aromatic heterocycles. The minimum absolute atomic E-state index is 0.0275. The second-order valence-corrected chi connectivity index (χ2v) is 6.22. The smallest absolute Gasteiger partial charge is 0.449 e. The van der Waals surface area contributed by atoms with Crippen LogP contribution in [0.4, 0.5) is 0 Å². The van der Waals surface area contributed by atoms with Crippen LogP contribution in [0.3, 0.4) is 0 Å².